The van der Waals surface area contributed by atoms with Crippen LogP contribution in [0.4, 0.5) is 0 Å². The summed E-state index contributed by atoms with van der Waals surface area (Å²) in [5.41, 5.74) is 13.9. The highest BCUT2D eigenvalue weighted by atomic mass is 32.1. The SMILES string of the molecule is CC[C@@H](C(=O)N1C[C@H](O)C[C@H]1C(=O)C[C@@H](C)c1ccc(-c2scnc2C)cc1)c1cc(C)no1.Cc1cc([C@H](C(=O)N2C[C@H](O)C[C@H]2C(=O)CCc2ccc(-c3cncs3)cc2)C(C)C)on1.Cc1cc([C@H](C(=O)N2C[C@H](O)C[C@H]2C(=O)CCc2ccc(-c3ocnc3C)cc2)C(C)C)on1. The fourth-order valence-corrected chi connectivity index (χ4v) is 15.2. The Bertz CT molecular complexity index is 4250. The van der Waals surface area contributed by atoms with Crippen molar-refractivity contribution in [1.82, 2.24) is 45.1 Å². The molecule has 3 N–H and O–H groups in total. The lowest BCUT2D eigenvalue weighted by atomic mass is 9.91. The van der Waals surface area contributed by atoms with Gasteiger partial charge in [0.25, 0.3) is 0 Å². The summed E-state index contributed by atoms with van der Waals surface area (Å²) in [6.07, 6.45) is 4.52. The highest BCUT2D eigenvalue weighted by Crippen LogP contribution is 2.37. The molecule has 0 radical (unpaired) electrons. The van der Waals surface area contributed by atoms with Crippen LogP contribution >= 0.6 is 22.7 Å². The molecular weight excluding hydrogens is 1320 g/mol. The van der Waals surface area contributed by atoms with E-state index in [-0.39, 0.29) is 98.1 Å². The second-order valence-corrected chi connectivity index (χ2v) is 29.4. The average molecular weight is 1410 g/mol. The standard InChI is InChI=1S/C26H31N3O5.C26H31N3O4S.C25H29N3O4S/c1-15(2)24(23-11-16(3)28-34-23)26(32)29-13-20(30)12-21(29)22(31)10-7-18-5-8-19(9-6-18)25-17(4)27-14-33-25;1-5-21(24-11-16(3)28-33-24)26(32)29-13-20(30)12-22(29)23(31)10-15(2)18-6-8-19(9-7-18)25-17(4)27-14-34-25;1-15(2)24(22-10-16(3)27-32-22)25(31)28-13-19(29)11-20(28)21(30)9-6-17-4-7-18(8-5-17)23-12-26-14-33-23/h5-6,8-9,11,14-15,20-21,24,30H,7,10,12-13H2,1-4H3;6-9,11,14-15,20-22,30H,5,10,12-13H2,1-4H3;4-5,7-8,10,12,14-15,19-20,24,29H,6,9,11,13H2,1-3H3/t20-,21+,24-;15-,20-,21-,22+;19-,20+,24-/m111/s1. The number of ketones is 3. The molecule has 534 valence electrons. The van der Waals surface area contributed by atoms with E-state index in [1.807, 2.05) is 129 Å². The van der Waals surface area contributed by atoms with Gasteiger partial charge in [-0.15, -0.1) is 22.7 Å². The number of amides is 3. The summed E-state index contributed by atoms with van der Waals surface area (Å²) in [4.78, 5) is 99.2. The summed E-state index contributed by atoms with van der Waals surface area (Å²) in [6, 6.07) is 27.6. The Kier molecular flexibility index (Phi) is 24.9. The van der Waals surface area contributed by atoms with Crippen LogP contribution in [0.1, 0.15) is 173 Å². The largest absolute Gasteiger partial charge is 0.443 e. The molecule has 3 fully saturated rings. The molecule has 9 heterocycles. The van der Waals surface area contributed by atoms with E-state index >= 15 is 0 Å². The lowest BCUT2D eigenvalue weighted by molar-refractivity contribution is -0.140. The first kappa shape index (κ1) is 74.7. The van der Waals surface area contributed by atoms with Gasteiger partial charge in [0.15, 0.2) is 29.5 Å². The number of benzene rings is 3. The van der Waals surface area contributed by atoms with Crippen LogP contribution in [0.3, 0.4) is 0 Å². The number of aryl methyl sites for hydroxylation is 7. The van der Waals surface area contributed by atoms with Crippen molar-refractivity contribution in [3.05, 3.63) is 177 Å². The number of oxazole rings is 1. The van der Waals surface area contributed by atoms with Crippen molar-refractivity contribution in [2.24, 2.45) is 11.8 Å². The zero-order valence-electron chi connectivity index (χ0n) is 59.1. The number of hydrogen-bond donors (Lipinski definition) is 3. The molecule has 12 rings (SSSR count). The molecule has 3 aliphatic rings. The van der Waals surface area contributed by atoms with Crippen LogP contribution in [0.2, 0.25) is 0 Å². The number of aliphatic hydroxyl groups is 3. The van der Waals surface area contributed by atoms with Crippen LogP contribution in [-0.2, 0) is 41.6 Å². The van der Waals surface area contributed by atoms with Crippen LogP contribution < -0.4 is 0 Å². The van der Waals surface area contributed by atoms with Gasteiger partial charge in [-0.1, -0.05) is 130 Å². The number of likely N-dealkylation sites (tertiary alicyclic amines) is 3. The minimum Gasteiger partial charge on any atom is -0.443 e. The maximum atomic E-state index is 13.5. The Morgan fingerprint density at radius 2 is 0.990 bits per heavy atom. The van der Waals surface area contributed by atoms with E-state index < -0.39 is 54.2 Å². The predicted molar refractivity (Wildman–Crippen MR) is 381 cm³/mol. The predicted octanol–water partition coefficient (Wildman–Crippen LogP) is 12.5. The number of β-amino-alcohol motifs (C(OH)–C–C–N with tert-alkyl or cyclic N) is 3. The van der Waals surface area contributed by atoms with Gasteiger partial charge in [-0.2, -0.15) is 0 Å². The zero-order valence-corrected chi connectivity index (χ0v) is 60.8. The van der Waals surface area contributed by atoms with E-state index in [1.54, 1.807) is 63.1 Å². The van der Waals surface area contributed by atoms with Gasteiger partial charge in [-0.25, -0.2) is 9.97 Å². The van der Waals surface area contributed by atoms with E-state index in [9.17, 15) is 44.1 Å². The first-order valence-electron chi connectivity index (χ1n) is 34.7. The molecule has 3 saturated heterocycles. The van der Waals surface area contributed by atoms with Crippen LogP contribution in [-0.4, -0.2) is 152 Å². The fourth-order valence-electron chi connectivity index (χ4n) is 13.8. The van der Waals surface area contributed by atoms with Crippen molar-refractivity contribution in [2.45, 2.75) is 194 Å². The number of aromatic nitrogens is 6. The Morgan fingerprint density at radius 1 is 0.535 bits per heavy atom. The molecular formula is C77H91N9O13S2. The normalized spacial score (nSPS) is 19.4. The highest BCUT2D eigenvalue weighted by molar-refractivity contribution is 7.13. The van der Waals surface area contributed by atoms with Crippen molar-refractivity contribution in [2.75, 3.05) is 19.6 Å². The highest BCUT2D eigenvalue weighted by Gasteiger charge is 2.46. The van der Waals surface area contributed by atoms with Crippen molar-refractivity contribution in [1.29, 1.82) is 0 Å². The molecule has 0 saturated carbocycles. The molecule has 101 heavy (non-hydrogen) atoms. The Balaban J connectivity index is 0.000000163. The summed E-state index contributed by atoms with van der Waals surface area (Å²) in [6.45, 7) is 21.5. The molecule has 3 aromatic carbocycles. The number of rotatable bonds is 24. The van der Waals surface area contributed by atoms with Crippen LogP contribution in [0, 0.1) is 46.5 Å². The summed E-state index contributed by atoms with van der Waals surface area (Å²) in [5, 5.41) is 42.6. The quantitative estimate of drug-likeness (QED) is 0.0506. The number of nitrogens with zero attached hydrogens (tertiary/aromatic N) is 9. The Hall–Kier alpha value is -8.94. The van der Waals surface area contributed by atoms with Gasteiger partial charge >= 0.3 is 0 Å². The second kappa shape index (κ2) is 33.7. The fraction of sp³-hybridized carbons (Fsp3) is 0.455. The lowest BCUT2D eigenvalue weighted by Crippen LogP contribution is -2.44. The molecule has 0 aliphatic carbocycles. The van der Waals surface area contributed by atoms with Crippen LogP contribution in [0.25, 0.3) is 32.2 Å². The number of hydrogen-bond acceptors (Lipinski definition) is 21. The van der Waals surface area contributed by atoms with Crippen molar-refractivity contribution >= 4 is 57.7 Å². The van der Waals surface area contributed by atoms with Gasteiger partial charge in [-0.05, 0) is 99.5 Å². The topological polar surface area (TPSA) is 303 Å². The first-order chi connectivity index (χ1) is 48.3. The first-order valence-corrected chi connectivity index (χ1v) is 36.4. The van der Waals surface area contributed by atoms with Gasteiger partial charge in [0, 0.05) is 88.1 Å². The molecule has 24 heteroatoms. The third kappa shape index (κ3) is 18.2. The molecule has 9 aromatic rings. The molecule has 3 amide bonds. The van der Waals surface area contributed by atoms with E-state index in [1.165, 1.54) is 11.3 Å². The summed E-state index contributed by atoms with van der Waals surface area (Å²) < 4.78 is 21.5. The number of Topliss-reactive ketones (excluding diaryl/α,β-unsaturated/α-hetero) is 3. The van der Waals surface area contributed by atoms with E-state index in [0.717, 1.165) is 60.3 Å². The molecule has 10 atom stereocenters. The number of thiazole rings is 2. The average Bonchev–Trinajstić information content (AvgIpc) is 1.69. The molecule has 22 nitrogen and oxygen atoms in total. The monoisotopic (exact) mass is 1410 g/mol. The third-order valence-corrected chi connectivity index (χ3v) is 21.0. The smallest absolute Gasteiger partial charge is 0.234 e. The van der Waals surface area contributed by atoms with Crippen molar-refractivity contribution in [3.8, 4) is 32.2 Å². The van der Waals surface area contributed by atoms with Gasteiger partial charge < -0.3 is 48.0 Å². The van der Waals surface area contributed by atoms with Gasteiger partial charge in [-0.3, -0.25) is 33.8 Å². The van der Waals surface area contributed by atoms with Crippen molar-refractivity contribution in [3.63, 3.8) is 0 Å². The molecule has 3 aliphatic heterocycles. The zero-order chi connectivity index (χ0) is 72.3. The van der Waals surface area contributed by atoms with Crippen molar-refractivity contribution < 1.29 is 62.1 Å². The molecule has 6 aromatic heterocycles. The molecule has 0 bridgehead atoms. The minimum absolute atomic E-state index is 0.00213. The minimum atomic E-state index is -0.716. The summed E-state index contributed by atoms with van der Waals surface area (Å²) >= 11 is 3.20. The summed E-state index contributed by atoms with van der Waals surface area (Å²) in [7, 11) is 0. The van der Waals surface area contributed by atoms with Crippen LogP contribution in [0.15, 0.2) is 133 Å². The maximum absolute atomic E-state index is 13.5. The number of aliphatic hydroxyl groups excluding tert-OH is 3. The second-order valence-electron chi connectivity index (χ2n) is 27.6. The van der Waals surface area contributed by atoms with Crippen LogP contribution in [0.5, 0.6) is 0 Å². The maximum Gasteiger partial charge on any atom is 0.234 e. The van der Waals surface area contributed by atoms with E-state index in [0.29, 0.717) is 66.5 Å². The van der Waals surface area contributed by atoms with E-state index in [2.05, 4.69) is 54.7 Å². The van der Waals surface area contributed by atoms with E-state index in [4.69, 9.17) is 18.0 Å². The number of carbonyl (C=O) groups excluding carboxylic acids is 6. The van der Waals surface area contributed by atoms with Gasteiger partial charge in [0.05, 0.1) is 91.6 Å². The van der Waals surface area contributed by atoms with Gasteiger partial charge in [0.2, 0.25) is 17.7 Å². The Morgan fingerprint density at radius 3 is 1.40 bits per heavy atom. The molecule has 0 unspecified atom stereocenters. The Labute approximate surface area is 596 Å². The summed E-state index contributed by atoms with van der Waals surface area (Å²) in [5.74, 6) is -0.116. The van der Waals surface area contributed by atoms with Gasteiger partial charge in [0.1, 0.15) is 29.1 Å². The molecule has 0 spiro atoms. The number of carbonyl (C=O) groups is 6. The third-order valence-electron chi connectivity index (χ3n) is 19.2. The lowest BCUT2D eigenvalue weighted by Gasteiger charge is -2.28.